The van der Waals surface area contributed by atoms with E-state index in [-0.39, 0.29) is 46.5 Å². The van der Waals surface area contributed by atoms with E-state index in [0.717, 1.165) is 24.1 Å². The number of aliphatic hydroxyl groups is 2. The molecule has 3 atom stereocenters. The second kappa shape index (κ2) is 8.87. The van der Waals surface area contributed by atoms with Gasteiger partial charge in [-0.1, -0.05) is 32.8 Å². The van der Waals surface area contributed by atoms with Crippen LogP contribution < -0.4 is 4.90 Å². The highest BCUT2D eigenvalue weighted by molar-refractivity contribution is 6.33. The smallest absolute Gasteiger partial charge is 0.206 e. The fourth-order valence-electron chi connectivity index (χ4n) is 6.62. The quantitative estimate of drug-likeness (QED) is 0.398. The van der Waals surface area contributed by atoms with Crippen molar-refractivity contribution in [3.05, 3.63) is 40.0 Å². The van der Waals surface area contributed by atoms with Gasteiger partial charge in [0.15, 0.2) is 11.4 Å². The van der Waals surface area contributed by atoms with Gasteiger partial charge in [0, 0.05) is 37.7 Å². The molecule has 3 unspecified atom stereocenters. The molecule has 3 aliphatic rings. The molecule has 1 fully saturated rings. The van der Waals surface area contributed by atoms with Crippen molar-refractivity contribution in [1.82, 2.24) is 0 Å². The predicted molar refractivity (Wildman–Crippen MR) is 138 cm³/mol. The van der Waals surface area contributed by atoms with Gasteiger partial charge in [-0.05, 0) is 61.6 Å². The maximum absolute atomic E-state index is 13.8. The van der Waals surface area contributed by atoms with Gasteiger partial charge in [-0.25, -0.2) is 0 Å². The van der Waals surface area contributed by atoms with Crippen LogP contribution in [0.15, 0.2) is 28.9 Å². The molecule has 0 aliphatic heterocycles. The van der Waals surface area contributed by atoms with E-state index in [9.17, 15) is 29.7 Å². The number of Topliss-reactive ketones (excluding diaryl/α,β-unsaturated/α-hetero) is 3. The highest BCUT2D eigenvalue weighted by Crippen LogP contribution is 2.52. The number of ketones is 3. The lowest BCUT2D eigenvalue weighted by atomic mass is 9.57. The van der Waals surface area contributed by atoms with Gasteiger partial charge in [0.05, 0.1) is 11.1 Å². The van der Waals surface area contributed by atoms with Gasteiger partial charge in [0.2, 0.25) is 11.6 Å². The molecule has 3 aliphatic carbocycles. The number of benzene rings is 1. The summed E-state index contributed by atoms with van der Waals surface area (Å²) in [4.78, 5) is 42.7. The summed E-state index contributed by atoms with van der Waals surface area (Å²) in [5.74, 6) is -3.70. The Morgan fingerprint density at radius 3 is 2.42 bits per heavy atom. The molecule has 0 aromatic heterocycles. The van der Waals surface area contributed by atoms with E-state index in [1.54, 1.807) is 13.0 Å². The van der Waals surface area contributed by atoms with Gasteiger partial charge in [-0.15, -0.1) is 0 Å². The Hall–Kier alpha value is -2.93. The minimum Gasteiger partial charge on any atom is -0.507 e. The predicted octanol–water partition coefficient (Wildman–Crippen LogP) is 4.29. The molecule has 4 rings (SSSR count). The van der Waals surface area contributed by atoms with Crippen LogP contribution in [-0.2, 0) is 20.8 Å². The Labute approximate surface area is 212 Å². The highest BCUT2D eigenvalue weighted by atomic mass is 16.3. The number of hydrogen-bond donors (Lipinski definition) is 3. The van der Waals surface area contributed by atoms with Crippen molar-refractivity contribution >= 4 is 28.8 Å². The van der Waals surface area contributed by atoms with Gasteiger partial charge < -0.3 is 20.2 Å². The summed E-state index contributed by atoms with van der Waals surface area (Å²) in [6.07, 6.45) is 2.83. The van der Waals surface area contributed by atoms with Crippen LogP contribution in [0.1, 0.15) is 70.9 Å². The first kappa shape index (κ1) is 26.1. The van der Waals surface area contributed by atoms with E-state index < -0.39 is 34.8 Å². The van der Waals surface area contributed by atoms with E-state index in [4.69, 9.17) is 0 Å². The SMILES string of the molecule is CCCC(C)(C)CC(=O)C1=C(C)CC2CC3Cc4c(N(C)C)ccc(O)c4C(O)=C3C(=O)C2(O)C1=O. The van der Waals surface area contributed by atoms with Crippen LogP contribution in [0, 0.1) is 17.3 Å². The first-order valence-electron chi connectivity index (χ1n) is 12.7. The maximum atomic E-state index is 13.8. The molecule has 194 valence electrons. The van der Waals surface area contributed by atoms with Gasteiger partial charge in [0.1, 0.15) is 11.5 Å². The Bertz CT molecular complexity index is 1220. The highest BCUT2D eigenvalue weighted by Gasteiger charge is 2.61. The minimum atomic E-state index is -2.40. The summed E-state index contributed by atoms with van der Waals surface area (Å²) < 4.78 is 0. The largest absolute Gasteiger partial charge is 0.507 e. The van der Waals surface area contributed by atoms with E-state index >= 15 is 0 Å². The van der Waals surface area contributed by atoms with Crippen molar-refractivity contribution < 1.29 is 29.7 Å². The number of nitrogens with zero attached hydrogens (tertiary/aromatic N) is 1. The summed E-state index contributed by atoms with van der Waals surface area (Å²) >= 11 is 0. The van der Waals surface area contributed by atoms with Gasteiger partial charge >= 0.3 is 0 Å². The molecular weight excluding hydrogens is 458 g/mol. The summed E-state index contributed by atoms with van der Waals surface area (Å²) in [6.45, 7) is 7.72. The van der Waals surface area contributed by atoms with Crippen molar-refractivity contribution in [2.24, 2.45) is 17.3 Å². The Balaban J connectivity index is 1.78. The lowest BCUT2D eigenvalue weighted by molar-refractivity contribution is -0.157. The van der Waals surface area contributed by atoms with Crippen LogP contribution in [-0.4, -0.2) is 52.4 Å². The van der Waals surface area contributed by atoms with Gasteiger partial charge in [-0.3, -0.25) is 14.4 Å². The molecule has 7 nitrogen and oxygen atoms in total. The van der Waals surface area contributed by atoms with Crippen LogP contribution in [0.5, 0.6) is 5.75 Å². The average molecular weight is 496 g/mol. The van der Waals surface area contributed by atoms with Crippen LogP contribution in [0.3, 0.4) is 0 Å². The number of anilines is 1. The number of fused-ring (bicyclic) bond motifs is 3. The molecule has 0 bridgehead atoms. The molecule has 0 saturated heterocycles. The number of hydrogen-bond acceptors (Lipinski definition) is 7. The van der Waals surface area contributed by atoms with Gasteiger partial charge in [0.25, 0.3) is 0 Å². The van der Waals surface area contributed by atoms with Gasteiger partial charge in [-0.2, -0.15) is 0 Å². The summed E-state index contributed by atoms with van der Waals surface area (Å²) in [7, 11) is 3.73. The molecule has 1 aromatic carbocycles. The summed E-state index contributed by atoms with van der Waals surface area (Å²) in [6, 6.07) is 3.23. The van der Waals surface area contributed by atoms with E-state index in [1.165, 1.54) is 6.07 Å². The van der Waals surface area contributed by atoms with Crippen LogP contribution in [0.4, 0.5) is 5.69 Å². The molecule has 0 radical (unpaired) electrons. The first-order chi connectivity index (χ1) is 16.7. The zero-order valence-electron chi connectivity index (χ0n) is 22.1. The molecule has 1 saturated carbocycles. The number of aromatic hydroxyl groups is 1. The average Bonchev–Trinajstić information content (AvgIpc) is 2.75. The van der Waals surface area contributed by atoms with E-state index in [1.807, 2.05) is 39.8 Å². The van der Waals surface area contributed by atoms with Crippen LogP contribution >= 0.6 is 0 Å². The molecule has 0 amide bonds. The third-order valence-corrected chi connectivity index (χ3v) is 8.25. The number of phenolic OH excluding ortho intramolecular Hbond substituents is 1. The normalized spacial score (nSPS) is 26.0. The van der Waals surface area contributed by atoms with E-state index in [0.29, 0.717) is 18.4 Å². The Kier molecular flexibility index (Phi) is 6.44. The number of carbonyl (C=O) groups is 3. The number of rotatable bonds is 6. The third kappa shape index (κ3) is 3.88. The molecule has 0 spiro atoms. The summed E-state index contributed by atoms with van der Waals surface area (Å²) in [5, 5.41) is 33.5. The summed E-state index contributed by atoms with van der Waals surface area (Å²) in [5.41, 5.74) is -0.485. The minimum absolute atomic E-state index is 0.0292. The fourth-order valence-corrected chi connectivity index (χ4v) is 6.62. The van der Waals surface area contributed by atoms with Crippen molar-refractivity contribution in [2.45, 2.75) is 71.8 Å². The topological polar surface area (TPSA) is 115 Å². The maximum Gasteiger partial charge on any atom is 0.206 e. The Morgan fingerprint density at radius 2 is 1.81 bits per heavy atom. The molecule has 7 heteroatoms. The van der Waals surface area contributed by atoms with Crippen molar-refractivity contribution in [1.29, 1.82) is 0 Å². The first-order valence-corrected chi connectivity index (χ1v) is 12.7. The molecule has 36 heavy (non-hydrogen) atoms. The van der Waals surface area contributed by atoms with E-state index in [2.05, 4.69) is 0 Å². The zero-order valence-corrected chi connectivity index (χ0v) is 22.1. The lowest BCUT2D eigenvalue weighted by Crippen LogP contribution is -2.61. The van der Waals surface area contributed by atoms with Crippen LogP contribution in [0.25, 0.3) is 5.76 Å². The monoisotopic (exact) mass is 495 g/mol. The van der Waals surface area contributed by atoms with Crippen molar-refractivity contribution in [3.8, 4) is 5.75 Å². The number of carbonyl (C=O) groups excluding carboxylic acids is 3. The molecular formula is C29H37NO6. The zero-order chi connectivity index (χ0) is 26.7. The second-order valence-electron chi connectivity index (χ2n) is 11.7. The number of aliphatic hydroxyl groups excluding tert-OH is 1. The molecule has 0 heterocycles. The third-order valence-electron chi connectivity index (χ3n) is 8.25. The molecule has 3 N–H and O–H groups in total. The second-order valence-corrected chi connectivity index (χ2v) is 11.7. The standard InChI is InChI=1S/C29H37NO6/c1-7-10-28(3,4)14-21(32)22-15(2)11-17-12-16-13-18-19(30(5)6)8-9-20(31)24(18)25(33)23(16)27(35)29(17,36)26(22)34/h8-9,16-17,31,33,36H,7,10-14H2,1-6H3. The lowest BCUT2D eigenvalue weighted by Gasteiger charge is -2.46. The number of phenols is 1. The fraction of sp³-hybridized carbons (Fsp3) is 0.552. The van der Waals surface area contributed by atoms with Crippen LogP contribution in [0.2, 0.25) is 0 Å². The van der Waals surface area contributed by atoms with Crippen molar-refractivity contribution in [3.63, 3.8) is 0 Å². The van der Waals surface area contributed by atoms with Crippen molar-refractivity contribution in [2.75, 3.05) is 19.0 Å². The molecule has 1 aromatic rings. The Morgan fingerprint density at radius 1 is 1.14 bits per heavy atom. The number of allylic oxidation sites excluding steroid dienone is 1.